The summed E-state index contributed by atoms with van der Waals surface area (Å²) < 4.78 is 6.06. The number of ether oxygens (including phenoxy) is 1. The molecule has 0 aromatic rings. The molecule has 0 aromatic carbocycles. The van der Waals surface area contributed by atoms with Crippen molar-refractivity contribution in [3.63, 3.8) is 0 Å². The second-order valence-electron chi connectivity index (χ2n) is 6.34. The Morgan fingerprint density at radius 2 is 1.88 bits per heavy atom. The molecule has 1 rings (SSSR count). The summed E-state index contributed by atoms with van der Waals surface area (Å²) in [5.41, 5.74) is -0.596. The molecule has 3 heteroatoms. The molecule has 0 bridgehead atoms. The fourth-order valence-electron chi connectivity index (χ4n) is 2.83. The van der Waals surface area contributed by atoms with Gasteiger partial charge in [-0.05, 0) is 53.4 Å². The Morgan fingerprint density at radius 3 is 2.35 bits per heavy atom. The van der Waals surface area contributed by atoms with E-state index >= 15 is 0 Å². The molecule has 3 unspecified atom stereocenters. The minimum atomic E-state index is -0.318. The van der Waals surface area contributed by atoms with Crippen molar-refractivity contribution in [2.45, 2.75) is 90.5 Å². The smallest absolute Gasteiger partial charge is 0.0615 e. The molecule has 0 aliphatic carbocycles. The first-order valence-corrected chi connectivity index (χ1v) is 6.88. The molecule has 0 aromatic heterocycles. The molecular weight excluding hydrogens is 214 g/mol. The summed E-state index contributed by atoms with van der Waals surface area (Å²) >= 11 is 0. The molecule has 1 aliphatic heterocycles. The molecule has 1 heterocycles. The van der Waals surface area contributed by atoms with Gasteiger partial charge < -0.3 is 4.74 Å². The summed E-state index contributed by atoms with van der Waals surface area (Å²) in [6.45, 7) is 12.5. The predicted molar refractivity (Wildman–Crippen MR) is 69.2 cm³/mol. The minimum Gasteiger partial charge on any atom is -0.375 e. The third-order valence-electron chi connectivity index (χ3n) is 4.20. The van der Waals surface area contributed by atoms with Gasteiger partial charge in [-0.25, -0.2) is 0 Å². The zero-order valence-corrected chi connectivity index (χ0v) is 12.2. The van der Waals surface area contributed by atoms with E-state index in [0.717, 1.165) is 25.7 Å². The van der Waals surface area contributed by atoms with Crippen molar-refractivity contribution in [1.82, 2.24) is 5.06 Å². The molecule has 0 saturated carbocycles. The van der Waals surface area contributed by atoms with Gasteiger partial charge in [0, 0.05) is 11.1 Å². The van der Waals surface area contributed by atoms with Crippen LogP contribution in [-0.4, -0.2) is 28.3 Å². The average Bonchev–Trinajstić information content (AvgIpc) is 2.25. The van der Waals surface area contributed by atoms with Crippen LogP contribution in [0.1, 0.15) is 67.2 Å². The van der Waals surface area contributed by atoms with Crippen molar-refractivity contribution in [2.75, 3.05) is 0 Å². The van der Waals surface area contributed by atoms with Crippen molar-refractivity contribution in [2.24, 2.45) is 0 Å². The summed E-state index contributed by atoms with van der Waals surface area (Å²) in [5, 5.41) is 13.7. The molecule has 3 nitrogen and oxygen atoms in total. The molecule has 0 amide bonds. The first-order valence-electron chi connectivity index (χ1n) is 6.88. The number of piperidine rings is 1. The second kappa shape index (κ2) is 5.25. The minimum absolute atomic E-state index is 0.218. The topological polar surface area (TPSA) is 32.4 Å². The molecule has 1 fully saturated rings. The Labute approximate surface area is 106 Å². The van der Waals surface area contributed by atoms with Gasteiger partial charge in [-0.1, -0.05) is 13.8 Å². The quantitative estimate of drug-likeness (QED) is 0.755. The number of nitrogens with zero attached hydrogens (tertiary/aromatic N) is 1. The molecule has 17 heavy (non-hydrogen) atoms. The van der Waals surface area contributed by atoms with E-state index in [9.17, 15) is 5.21 Å². The maximum atomic E-state index is 12.4. The standard InChI is InChI=1S/C14H28NO2/c1-7-11(3)17-12-9-13(4,5)15(16)14(6,8-2)10-12/h11-12H,7-10H2,1-6H3. The van der Waals surface area contributed by atoms with Crippen LogP contribution in [0, 0.1) is 0 Å². The number of hydrogen-bond acceptors (Lipinski definition) is 2. The first kappa shape index (κ1) is 14.9. The lowest BCUT2D eigenvalue weighted by Crippen LogP contribution is -2.61. The van der Waals surface area contributed by atoms with Crippen LogP contribution < -0.4 is 0 Å². The SMILES string of the molecule is CCC(C)OC1CC(C)(C)N([O])C(C)(CC)C1. The van der Waals surface area contributed by atoms with Crippen LogP contribution in [0.3, 0.4) is 0 Å². The molecule has 101 valence electrons. The Morgan fingerprint density at radius 1 is 1.29 bits per heavy atom. The maximum Gasteiger partial charge on any atom is 0.0615 e. The first-order chi connectivity index (χ1) is 7.75. The summed E-state index contributed by atoms with van der Waals surface area (Å²) in [6.07, 6.45) is 4.09. The normalized spacial score (nSPS) is 35.8. The van der Waals surface area contributed by atoms with Crippen LogP contribution >= 0.6 is 0 Å². The summed E-state index contributed by atoms with van der Waals surface area (Å²) in [7, 11) is 0. The Hall–Kier alpha value is -0.120. The van der Waals surface area contributed by atoms with Gasteiger partial charge in [-0.3, -0.25) is 0 Å². The summed E-state index contributed by atoms with van der Waals surface area (Å²) in [5.74, 6) is 0. The van der Waals surface area contributed by atoms with E-state index in [1.165, 1.54) is 5.06 Å². The molecular formula is C14H28NO2. The summed E-state index contributed by atoms with van der Waals surface area (Å²) in [4.78, 5) is 0. The van der Waals surface area contributed by atoms with Gasteiger partial charge in [0.15, 0.2) is 0 Å². The van der Waals surface area contributed by atoms with Crippen molar-refractivity contribution < 1.29 is 9.94 Å². The van der Waals surface area contributed by atoms with Crippen LogP contribution in [-0.2, 0) is 9.94 Å². The van der Waals surface area contributed by atoms with Gasteiger partial charge in [0.05, 0.1) is 12.2 Å². The van der Waals surface area contributed by atoms with E-state index in [0.29, 0.717) is 0 Å². The van der Waals surface area contributed by atoms with Crippen molar-refractivity contribution in [3.05, 3.63) is 0 Å². The van der Waals surface area contributed by atoms with E-state index in [4.69, 9.17) is 4.74 Å². The average molecular weight is 242 g/mol. The molecule has 3 atom stereocenters. The lowest BCUT2D eigenvalue weighted by molar-refractivity contribution is -0.308. The zero-order valence-electron chi connectivity index (χ0n) is 12.2. The highest BCUT2D eigenvalue weighted by atomic mass is 16.5. The third kappa shape index (κ3) is 3.21. The van der Waals surface area contributed by atoms with Gasteiger partial charge in [0.1, 0.15) is 0 Å². The fourth-order valence-corrected chi connectivity index (χ4v) is 2.83. The van der Waals surface area contributed by atoms with Gasteiger partial charge >= 0.3 is 0 Å². The van der Waals surface area contributed by atoms with E-state index in [1.807, 2.05) is 13.8 Å². The fraction of sp³-hybridized carbons (Fsp3) is 1.00. The monoisotopic (exact) mass is 242 g/mol. The Bertz CT molecular complexity index is 255. The van der Waals surface area contributed by atoms with Gasteiger partial charge in [0.25, 0.3) is 0 Å². The van der Waals surface area contributed by atoms with Crippen molar-refractivity contribution in [3.8, 4) is 0 Å². The predicted octanol–water partition coefficient (Wildman–Crippen LogP) is 3.56. The van der Waals surface area contributed by atoms with Crippen molar-refractivity contribution in [1.29, 1.82) is 0 Å². The second-order valence-corrected chi connectivity index (χ2v) is 6.34. The lowest BCUT2D eigenvalue weighted by atomic mass is 9.78. The van der Waals surface area contributed by atoms with Gasteiger partial charge in [0.2, 0.25) is 0 Å². The number of hydroxylamine groups is 2. The van der Waals surface area contributed by atoms with E-state index in [2.05, 4.69) is 27.7 Å². The Kier molecular flexibility index (Phi) is 4.61. The molecule has 1 radical (unpaired) electrons. The lowest BCUT2D eigenvalue weighted by Gasteiger charge is -2.51. The molecule has 0 N–H and O–H groups in total. The third-order valence-corrected chi connectivity index (χ3v) is 4.20. The van der Waals surface area contributed by atoms with E-state index in [1.54, 1.807) is 0 Å². The number of hydrogen-bond donors (Lipinski definition) is 0. The van der Waals surface area contributed by atoms with Gasteiger partial charge in [-0.2, -0.15) is 0 Å². The summed E-state index contributed by atoms with van der Waals surface area (Å²) in [6, 6.07) is 0. The van der Waals surface area contributed by atoms with Crippen molar-refractivity contribution >= 4 is 0 Å². The highest BCUT2D eigenvalue weighted by Crippen LogP contribution is 2.40. The highest BCUT2D eigenvalue weighted by Gasteiger charge is 2.48. The maximum absolute atomic E-state index is 12.4. The van der Waals surface area contributed by atoms with E-state index in [-0.39, 0.29) is 23.3 Å². The van der Waals surface area contributed by atoms with Crippen LogP contribution in [0.5, 0.6) is 0 Å². The van der Waals surface area contributed by atoms with Crippen LogP contribution in [0.15, 0.2) is 0 Å². The van der Waals surface area contributed by atoms with Gasteiger partial charge in [-0.15, -0.1) is 10.3 Å². The van der Waals surface area contributed by atoms with Crippen LogP contribution in [0.2, 0.25) is 0 Å². The Balaban J connectivity index is 2.78. The molecule has 0 spiro atoms. The largest absolute Gasteiger partial charge is 0.375 e. The van der Waals surface area contributed by atoms with Crippen LogP contribution in [0.4, 0.5) is 0 Å². The zero-order chi connectivity index (χ0) is 13.3. The van der Waals surface area contributed by atoms with E-state index < -0.39 is 0 Å². The van der Waals surface area contributed by atoms with Crippen LogP contribution in [0.25, 0.3) is 0 Å². The number of rotatable bonds is 4. The highest BCUT2D eigenvalue weighted by molar-refractivity contribution is 4.98. The molecule has 1 saturated heterocycles. The molecule has 1 aliphatic rings.